The minimum absolute atomic E-state index is 0.181. The van der Waals surface area contributed by atoms with E-state index in [0.29, 0.717) is 16.6 Å². The molecule has 0 aliphatic heterocycles. The first-order chi connectivity index (χ1) is 9.63. The second kappa shape index (κ2) is 4.77. The van der Waals surface area contributed by atoms with E-state index < -0.39 is 5.82 Å². The van der Waals surface area contributed by atoms with E-state index in [9.17, 15) is 9.18 Å². The maximum absolute atomic E-state index is 13.3. The van der Waals surface area contributed by atoms with Crippen molar-refractivity contribution in [3.05, 3.63) is 59.5 Å². The fourth-order valence-corrected chi connectivity index (χ4v) is 2.07. The first-order valence-electron chi connectivity index (χ1n) is 6.15. The monoisotopic (exact) mass is 269 g/mol. The molecule has 5 heteroatoms. The summed E-state index contributed by atoms with van der Waals surface area (Å²) in [5.41, 5.74) is 2.53. The maximum atomic E-state index is 13.3. The Balaban J connectivity index is 1.94. The number of H-pyrrole nitrogens is 1. The summed E-state index contributed by atoms with van der Waals surface area (Å²) >= 11 is 0. The molecule has 0 saturated carbocycles. The van der Waals surface area contributed by atoms with Crippen molar-refractivity contribution in [2.75, 3.05) is 5.32 Å². The lowest BCUT2D eigenvalue weighted by Gasteiger charge is -2.04. The van der Waals surface area contributed by atoms with Gasteiger partial charge < -0.3 is 5.32 Å². The molecule has 1 heterocycles. The van der Waals surface area contributed by atoms with Crippen molar-refractivity contribution < 1.29 is 9.18 Å². The molecule has 0 radical (unpaired) electrons. The summed E-state index contributed by atoms with van der Waals surface area (Å²) in [5, 5.41) is 9.89. The summed E-state index contributed by atoms with van der Waals surface area (Å²) in [6.45, 7) is 1.94. The highest BCUT2D eigenvalue weighted by Gasteiger charge is 2.14. The largest absolute Gasteiger partial charge is 0.321 e. The van der Waals surface area contributed by atoms with Gasteiger partial charge in [0.05, 0.1) is 5.52 Å². The lowest BCUT2D eigenvalue weighted by molar-refractivity contribution is 0.102. The van der Waals surface area contributed by atoms with Crippen LogP contribution in [0.15, 0.2) is 42.5 Å². The molecule has 0 bridgehead atoms. The average molecular weight is 269 g/mol. The van der Waals surface area contributed by atoms with Crippen molar-refractivity contribution in [3.8, 4) is 0 Å². The maximum Gasteiger partial charge on any atom is 0.276 e. The van der Waals surface area contributed by atoms with Gasteiger partial charge in [-0.1, -0.05) is 12.1 Å². The normalized spacial score (nSPS) is 10.7. The molecular weight excluding hydrogens is 257 g/mol. The molecule has 2 N–H and O–H groups in total. The van der Waals surface area contributed by atoms with Gasteiger partial charge in [-0.2, -0.15) is 5.10 Å². The van der Waals surface area contributed by atoms with E-state index in [1.807, 2.05) is 25.1 Å². The summed E-state index contributed by atoms with van der Waals surface area (Å²) < 4.78 is 13.3. The van der Waals surface area contributed by atoms with Crippen LogP contribution in [0.1, 0.15) is 16.1 Å². The molecule has 0 saturated heterocycles. The van der Waals surface area contributed by atoms with E-state index in [-0.39, 0.29) is 11.6 Å². The number of benzene rings is 2. The highest BCUT2D eigenvalue weighted by atomic mass is 19.1. The van der Waals surface area contributed by atoms with Crippen molar-refractivity contribution in [1.29, 1.82) is 0 Å². The number of amides is 1. The Kier molecular flexibility index (Phi) is 2.95. The minimum Gasteiger partial charge on any atom is -0.321 e. The Labute approximate surface area is 114 Å². The number of carbonyl (C=O) groups is 1. The molecule has 0 spiro atoms. The number of nitrogens with one attached hydrogen (secondary N) is 2. The number of nitrogens with zero attached hydrogens (tertiary/aromatic N) is 1. The van der Waals surface area contributed by atoms with Gasteiger partial charge in [-0.3, -0.25) is 9.89 Å². The lowest BCUT2D eigenvalue weighted by Crippen LogP contribution is -2.12. The van der Waals surface area contributed by atoms with Gasteiger partial charge >= 0.3 is 0 Å². The van der Waals surface area contributed by atoms with Gasteiger partial charge in [0.2, 0.25) is 0 Å². The molecule has 1 aromatic heterocycles. The molecule has 2 aromatic carbocycles. The van der Waals surface area contributed by atoms with Crippen molar-refractivity contribution >= 4 is 22.5 Å². The number of aryl methyl sites for hydroxylation is 1. The summed E-state index contributed by atoms with van der Waals surface area (Å²) in [7, 11) is 0. The number of hydrogen-bond acceptors (Lipinski definition) is 2. The Bertz CT molecular complexity index is 795. The Morgan fingerprint density at radius 2 is 2.10 bits per heavy atom. The molecule has 0 fully saturated rings. The second-order valence-corrected chi connectivity index (χ2v) is 4.59. The zero-order valence-corrected chi connectivity index (χ0v) is 10.8. The van der Waals surface area contributed by atoms with Crippen LogP contribution in [0.4, 0.5) is 10.1 Å². The van der Waals surface area contributed by atoms with Crippen molar-refractivity contribution in [2.45, 2.75) is 6.92 Å². The number of fused-ring (bicyclic) bond motifs is 1. The van der Waals surface area contributed by atoms with E-state index in [1.54, 1.807) is 12.1 Å². The third-order valence-corrected chi connectivity index (χ3v) is 3.02. The van der Waals surface area contributed by atoms with E-state index in [1.165, 1.54) is 12.1 Å². The van der Waals surface area contributed by atoms with Gasteiger partial charge in [0.15, 0.2) is 5.69 Å². The number of rotatable bonds is 2. The van der Waals surface area contributed by atoms with Gasteiger partial charge in [-0.15, -0.1) is 0 Å². The second-order valence-electron chi connectivity index (χ2n) is 4.59. The first kappa shape index (κ1) is 12.3. The van der Waals surface area contributed by atoms with Crippen LogP contribution in [0, 0.1) is 12.7 Å². The summed E-state index contributed by atoms with van der Waals surface area (Å²) in [6.07, 6.45) is 0. The van der Waals surface area contributed by atoms with Gasteiger partial charge in [0, 0.05) is 11.1 Å². The number of anilines is 1. The van der Waals surface area contributed by atoms with Crippen molar-refractivity contribution in [1.82, 2.24) is 10.2 Å². The molecule has 3 rings (SSSR count). The zero-order chi connectivity index (χ0) is 14.1. The summed E-state index contributed by atoms with van der Waals surface area (Å²) in [6, 6.07) is 11.6. The first-order valence-corrected chi connectivity index (χ1v) is 6.15. The van der Waals surface area contributed by atoms with Gasteiger partial charge in [-0.05, 0) is 42.8 Å². The molecule has 0 atom stereocenters. The zero-order valence-electron chi connectivity index (χ0n) is 10.8. The van der Waals surface area contributed by atoms with Gasteiger partial charge in [0.25, 0.3) is 5.91 Å². The van der Waals surface area contributed by atoms with E-state index in [4.69, 9.17) is 0 Å². The molecule has 0 aliphatic rings. The topological polar surface area (TPSA) is 57.8 Å². The quantitative estimate of drug-likeness (QED) is 0.750. The third-order valence-electron chi connectivity index (χ3n) is 3.02. The van der Waals surface area contributed by atoms with Crippen LogP contribution < -0.4 is 5.32 Å². The summed E-state index contributed by atoms with van der Waals surface area (Å²) in [4.78, 5) is 12.2. The molecule has 4 nitrogen and oxygen atoms in total. The van der Waals surface area contributed by atoms with E-state index in [0.717, 1.165) is 5.56 Å². The standard InChI is InChI=1S/C15H12FN3O/c1-9-3-2-4-11(7-9)17-15(20)14-12-8-10(16)5-6-13(12)18-19-14/h2-8H,1H3,(H,17,20)(H,18,19). The smallest absolute Gasteiger partial charge is 0.276 e. The number of carbonyl (C=O) groups excluding carboxylic acids is 1. The predicted octanol–water partition coefficient (Wildman–Crippen LogP) is 3.26. The Morgan fingerprint density at radius 1 is 1.25 bits per heavy atom. The van der Waals surface area contributed by atoms with Crippen LogP contribution in [0.5, 0.6) is 0 Å². The van der Waals surface area contributed by atoms with Crippen LogP contribution in [0.25, 0.3) is 10.9 Å². The van der Waals surface area contributed by atoms with Crippen LogP contribution in [0.3, 0.4) is 0 Å². The van der Waals surface area contributed by atoms with Gasteiger partial charge in [0.1, 0.15) is 5.82 Å². The molecular formula is C15H12FN3O. The van der Waals surface area contributed by atoms with Crippen LogP contribution >= 0.6 is 0 Å². The number of hydrogen-bond donors (Lipinski definition) is 2. The number of halogens is 1. The molecule has 0 aliphatic carbocycles. The van der Waals surface area contributed by atoms with Crippen molar-refractivity contribution in [3.63, 3.8) is 0 Å². The molecule has 1 amide bonds. The molecule has 3 aromatic rings. The fraction of sp³-hybridized carbons (Fsp3) is 0.0667. The molecule has 20 heavy (non-hydrogen) atoms. The highest BCUT2D eigenvalue weighted by molar-refractivity contribution is 6.11. The molecule has 0 unspecified atom stereocenters. The molecule has 100 valence electrons. The average Bonchev–Trinajstić information content (AvgIpc) is 2.81. The minimum atomic E-state index is -0.400. The van der Waals surface area contributed by atoms with Gasteiger partial charge in [-0.25, -0.2) is 4.39 Å². The van der Waals surface area contributed by atoms with Crippen LogP contribution in [0.2, 0.25) is 0 Å². The predicted molar refractivity (Wildman–Crippen MR) is 75.2 cm³/mol. The van der Waals surface area contributed by atoms with Crippen LogP contribution in [-0.2, 0) is 0 Å². The third kappa shape index (κ3) is 2.25. The number of aromatic nitrogens is 2. The lowest BCUT2D eigenvalue weighted by atomic mass is 10.2. The SMILES string of the molecule is Cc1cccc(NC(=O)c2n[nH]c3ccc(F)cc23)c1. The Morgan fingerprint density at radius 3 is 2.90 bits per heavy atom. The van der Waals surface area contributed by atoms with E-state index in [2.05, 4.69) is 15.5 Å². The van der Waals surface area contributed by atoms with Crippen LogP contribution in [-0.4, -0.2) is 16.1 Å². The summed E-state index contributed by atoms with van der Waals surface area (Å²) in [5.74, 6) is -0.768. The van der Waals surface area contributed by atoms with Crippen molar-refractivity contribution in [2.24, 2.45) is 0 Å². The number of aromatic amines is 1. The fourth-order valence-electron chi connectivity index (χ4n) is 2.07. The Hall–Kier alpha value is -2.69. The highest BCUT2D eigenvalue weighted by Crippen LogP contribution is 2.19. The van der Waals surface area contributed by atoms with E-state index >= 15 is 0 Å².